The third kappa shape index (κ3) is 9.91. The quantitative estimate of drug-likeness (QED) is 0.0809. The highest BCUT2D eigenvalue weighted by Gasteiger charge is 2.68. The molecule has 22 nitrogen and oxygen atoms in total. The van der Waals surface area contributed by atoms with Gasteiger partial charge in [0.15, 0.2) is 30.9 Å². The minimum atomic E-state index is -1.75. The van der Waals surface area contributed by atoms with E-state index in [4.69, 9.17) is 42.6 Å². The average Bonchev–Trinajstić information content (AvgIpc) is 3.80. The van der Waals surface area contributed by atoms with Gasteiger partial charge in [-0.15, -0.1) is 0 Å². The molecule has 22 heteroatoms. The minimum Gasteiger partial charge on any atom is -0.394 e. The first-order chi connectivity index (χ1) is 34.0. The van der Waals surface area contributed by atoms with E-state index in [0.717, 1.165) is 32.1 Å². The van der Waals surface area contributed by atoms with Crippen LogP contribution in [0.3, 0.4) is 0 Å². The number of aliphatic hydroxyl groups is 13. The number of rotatable bonds is 14. The summed E-state index contributed by atoms with van der Waals surface area (Å²) >= 11 is 0. The van der Waals surface area contributed by atoms with Crippen LogP contribution in [0.25, 0.3) is 0 Å². The summed E-state index contributed by atoms with van der Waals surface area (Å²) in [6, 6.07) is 0. The molecule has 5 saturated heterocycles. The van der Waals surface area contributed by atoms with E-state index >= 15 is 0 Å². The molecule has 8 fully saturated rings. The van der Waals surface area contributed by atoms with Crippen molar-refractivity contribution >= 4 is 0 Å². The number of aliphatic hydroxyl groups excluding tert-OH is 12. The Morgan fingerprint density at radius 2 is 1.36 bits per heavy atom. The summed E-state index contributed by atoms with van der Waals surface area (Å²) in [7, 11) is 0. The topological polar surface area (TPSA) is 346 Å². The van der Waals surface area contributed by atoms with Crippen molar-refractivity contribution in [3.8, 4) is 0 Å². The van der Waals surface area contributed by atoms with Gasteiger partial charge in [-0.1, -0.05) is 39.3 Å². The molecule has 9 aliphatic rings. The first-order valence-corrected chi connectivity index (χ1v) is 26.3. The fourth-order valence-electron chi connectivity index (χ4n) is 14.7. The van der Waals surface area contributed by atoms with Gasteiger partial charge in [0.25, 0.3) is 0 Å². The third-order valence-electron chi connectivity index (χ3n) is 19.1. The average molecular weight is 1040 g/mol. The highest BCUT2D eigenvalue weighted by molar-refractivity contribution is 5.26. The van der Waals surface area contributed by atoms with Crippen LogP contribution in [0.2, 0.25) is 0 Å². The molecule has 0 aromatic carbocycles. The standard InChI is InChI=1S/C50H82O22/c1-20(18-64-44-39(60)37(58)35(56)30(16-51)68-44)8-13-50(63)21(2)32-29(72-50)15-27-25-7-6-23-14-24(9-11-48(23,4)26(25)10-12-49(27,32)5)67-47-43(71-46-40(61)36(57)33(54)22(3)66-46)41(62)42(31(17-52)69-47)70-45-38(59)34(55)28(53)19-65-45/h6,20-22,24-47,51-63H,7-19H2,1-5H3. The van der Waals surface area contributed by atoms with E-state index in [1.807, 2.05) is 6.92 Å². The van der Waals surface area contributed by atoms with Crippen LogP contribution in [0.15, 0.2) is 11.6 Å². The van der Waals surface area contributed by atoms with Gasteiger partial charge in [0, 0.05) is 12.3 Å². The molecule has 414 valence electrons. The number of hydrogen-bond acceptors (Lipinski definition) is 22. The van der Waals surface area contributed by atoms with Gasteiger partial charge < -0.3 is 109 Å². The molecule has 0 bridgehead atoms. The van der Waals surface area contributed by atoms with Crippen LogP contribution >= 0.6 is 0 Å². The lowest BCUT2D eigenvalue weighted by Gasteiger charge is -2.58. The smallest absolute Gasteiger partial charge is 0.187 e. The Hall–Kier alpha value is -1.14. The number of fused-ring (bicyclic) bond motifs is 7. The fraction of sp³-hybridized carbons (Fsp3) is 0.960. The molecule has 13 N–H and O–H groups in total. The molecule has 72 heavy (non-hydrogen) atoms. The van der Waals surface area contributed by atoms with Gasteiger partial charge in [0.05, 0.1) is 44.7 Å². The maximum atomic E-state index is 12.1. The molecular formula is C50H82O22. The molecular weight excluding hydrogens is 953 g/mol. The van der Waals surface area contributed by atoms with Crippen molar-refractivity contribution in [2.45, 2.75) is 227 Å². The first-order valence-electron chi connectivity index (χ1n) is 26.3. The molecule has 4 aliphatic carbocycles. The van der Waals surface area contributed by atoms with Crippen LogP contribution in [-0.4, -0.2) is 228 Å². The summed E-state index contributed by atoms with van der Waals surface area (Å²) in [6.45, 7) is 8.82. The summed E-state index contributed by atoms with van der Waals surface area (Å²) in [5, 5.41) is 138. The fourth-order valence-corrected chi connectivity index (χ4v) is 14.7. The molecule has 0 radical (unpaired) electrons. The van der Waals surface area contributed by atoms with Gasteiger partial charge in [-0.2, -0.15) is 0 Å². The van der Waals surface area contributed by atoms with Crippen molar-refractivity contribution in [2.75, 3.05) is 26.4 Å². The highest BCUT2D eigenvalue weighted by atomic mass is 16.8. The molecule has 3 saturated carbocycles. The summed E-state index contributed by atoms with van der Waals surface area (Å²) in [5.74, 6) is -0.222. The van der Waals surface area contributed by atoms with Gasteiger partial charge in [0.2, 0.25) is 0 Å². The Balaban J connectivity index is 0.843. The molecule has 30 unspecified atom stereocenters. The normalized spacial score (nSPS) is 55.1. The van der Waals surface area contributed by atoms with Crippen molar-refractivity contribution < 1.29 is 109 Å². The summed E-state index contributed by atoms with van der Waals surface area (Å²) in [4.78, 5) is 0. The second-order valence-corrected chi connectivity index (χ2v) is 23.4. The van der Waals surface area contributed by atoms with Crippen molar-refractivity contribution in [1.82, 2.24) is 0 Å². The van der Waals surface area contributed by atoms with E-state index in [2.05, 4.69) is 26.8 Å². The van der Waals surface area contributed by atoms with E-state index in [-0.39, 0.29) is 47.9 Å². The third-order valence-corrected chi connectivity index (χ3v) is 19.1. The Morgan fingerprint density at radius 3 is 2.08 bits per heavy atom. The Kier molecular flexibility index (Phi) is 16.7. The lowest BCUT2D eigenvalue weighted by Crippen LogP contribution is -2.66. The molecule has 9 rings (SSSR count). The first kappa shape index (κ1) is 55.6. The van der Waals surface area contributed by atoms with Crippen LogP contribution in [0.1, 0.15) is 92.4 Å². The lowest BCUT2D eigenvalue weighted by molar-refractivity contribution is -0.385. The minimum absolute atomic E-state index is 0.0572. The Bertz CT molecular complexity index is 1860. The molecule has 0 spiro atoms. The van der Waals surface area contributed by atoms with Crippen LogP contribution in [0, 0.1) is 46.3 Å². The number of ether oxygens (including phenoxy) is 9. The highest BCUT2D eigenvalue weighted by Crippen LogP contribution is 2.70. The van der Waals surface area contributed by atoms with Crippen molar-refractivity contribution in [2.24, 2.45) is 46.3 Å². The molecule has 5 aliphatic heterocycles. The monoisotopic (exact) mass is 1030 g/mol. The van der Waals surface area contributed by atoms with E-state index in [1.54, 1.807) is 0 Å². The van der Waals surface area contributed by atoms with E-state index in [0.29, 0.717) is 43.4 Å². The van der Waals surface area contributed by atoms with Crippen LogP contribution in [0.4, 0.5) is 0 Å². The van der Waals surface area contributed by atoms with Gasteiger partial charge in [-0.3, -0.25) is 0 Å². The van der Waals surface area contributed by atoms with E-state index < -0.39 is 142 Å². The summed E-state index contributed by atoms with van der Waals surface area (Å²) < 4.78 is 54.2. The molecule has 0 aromatic rings. The zero-order valence-corrected chi connectivity index (χ0v) is 41.8. The summed E-state index contributed by atoms with van der Waals surface area (Å²) in [5.41, 5.74) is 1.07. The second-order valence-electron chi connectivity index (χ2n) is 23.4. The predicted octanol–water partition coefficient (Wildman–Crippen LogP) is -2.37. The molecule has 30 atom stereocenters. The SMILES string of the molecule is CC(CCC1(O)OC2CC3C4CC=C5CC(OC6OC(CO)C(OC7OCC(O)C(O)C7O)C(O)C6OC6OC(C)C(O)C(O)C6O)CCC5(C)C4CCC3(C)C2C1C)COC1OC(CO)C(O)C(O)C1O. The Labute approximate surface area is 419 Å². The lowest BCUT2D eigenvalue weighted by atomic mass is 9.47. The molecule has 0 amide bonds. The van der Waals surface area contributed by atoms with Crippen LogP contribution < -0.4 is 0 Å². The van der Waals surface area contributed by atoms with E-state index in [1.165, 1.54) is 12.5 Å². The van der Waals surface area contributed by atoms with Gasteiger partial charge in [-0.25, -0.2) is 0 Å². The number of hydrogen-bond donors (Lipinski definition) is 13. The molecule has 5 heterocycles. The maximum Gasteiger partial charge on any atom is 0.187 e. The number of allylic oxidation sites excluding steroid dienone is 1. The van der Waals surface area contributed by atoms with E-state index in [9.17, 15) is 66.4 Å². The van der Waals surface area contributed by atoms with Crippen molar-refractivity contribution in [3.63, 3.8) is 0 Å². The molecule has 0 aromatic heterocycles. The van der Waals surface area contributed by atoms with Crippen molar-refractivity contribution in [3.05, 3.63) is 11.6 Å². The Morgan fingerprint density at radius 1 is 0.694 bits per heavy atom. The van der Waals surface area contributed by atoms with Gasteiger partial charge >= 0.3 is 0 Å². The zero-order valence-electron chi connectivity index (χ0n) is 41.8. The zero-order chi connectivity index (χ0) is 51.9. The van der Waals surface area contributed by atoms with Crippen LogP contribution in [0.5, 0.6) is 0 Å². The predicted molar refractivity (Wildman–Crippen MR) is 244 cm³/mol. The van der Waals surface area contributed by atoms with Crippen LogP contribution in [-0.2, 0) is 42.6 Å². The van der Waals surface area contributed by atoms with Gasteiger partial charge in [0.1, 0.15) is 85.5 Å². The second kappa shape index (κ2) is 21.6. The van der Waals surface area contributed by atoms with Crippen molar-refractivity contribution in [1.29, 1.82) is 0 Å². The van der Waals surface area contributed by atoms with Gasteiger partial charge in [-0.05, 0) is 98.7 Å². The summed E-state index contributed by atoms with van der Waals surface area (Å²) in [6.07, 6.45) is -19.3. The maximum absolute atomic E-state index is 12.1. The largest absolute Gasteiger partial charge is 0.394 e.